The maximum atomic E-state index is 10.3. The monoisotopic (exact) mass is 148 g/mol. The zero-order chi connectivity index (χ0) is 7.68. The van der Waals surface area contributed by atoms with Crippen LogP contribution in [0.4, 0.5) is 0 Å². The second kappa shape index (κ2) is 2.47. The van der Waals surface area contributed by atoms with Gasteiger partial charge in [0.15, 0.2) is 0 Å². The van der Waals surface area contributed by atoms with Gasteiger partial charge < -0.3 is 4.74 Å². The van der Waals surface area contributed by atoms with Gasteiger partial charge in [-0.25, -0.2) is 0 Å². The van der Waals surface area contributed by atoms with Gasteiger partial charge in [0.2, 0.25) is 0 Å². The number of epoxide rings is 1. The molecule has 11 heavy (non-hydrogen) atoms. The smallest absolute Gasteiger partial charge is 0.150 e. The molecule has 1 atom stereocenters. The predicted octanol–water partition coefficient (Wildman–Crippen LogP) is 1.57. The van der Waals surface area contributed by atoms with Crippen molar-refractivity contribution >= 4 is 6.29 Å². The molecule has 1 unspecified atom stereocenters. The lowest BCUT2D eigenvalue weighted by Crippen LogP contribution is -1.82. The van der Waals surface area contributed by atoms with Crippen molar-refractivity contribution in [2.75, 3.05) is 6.61 Å². The molecule has 2 nitrogen and oxygen atoms in total. The molecule has 0 N–H and O–H groups in total. The van der Waals surface area contributed by atoms with E-state index in [1.807, 2.05) is 24.3 Å². The van der Waals surface area contributed by atoms with Gasteiger partial charge in [-0.2, -0.15) is 0 Å². The van der Waals surface area contributed by atoms with Crippen LogP contribution in [0.3, 0.4) is 0 Å². The molecule has 0 bridgehead atoms. The van der Waals surface area contributed by atoms with Crippen molar-refractivity contribution in [1.29, 1.82) is 0 Å². The van der Waals surface area contributed by atoms with Crippen LogP contribution in [0.25, 0.3) is 0 Å². The summed E-state index contributed by atoms with van der Waals surface area (Å²) in [5.41, 5.74) is 1.88. The normalized spacial score (nSPS) is 21.3. The van der Waals surface area contributed by atoms with Crippen LogP contribution in [0.2, 0.25) is 0 Å². The quantitative estimate of drug-likeness (QED) is 0.470. The summed E-state index contributed by atoms with van der Waals surface area (Å²) in [5.74, 6) is 0. The molecule has 0 radical (unpaired) electrons. The van der Waals surface area contributed by atoms with E-state index in [-0.39, 0.29) is 6.10 Å². The van der Waals surface area contributed by atoms with Gasteiger partial charge in [-0.05, 0) is 5.56 Å². The minimum Gasteiger partial charge on any atom is -0.368 e. The standard InChI is InChI=1S/C9H8O2/c10-5-7-1-3-8(4-2-7)9-6-11-9/h1-5,9H,6H2. The van der Waals surface area contributed by atoms with Crippen molar-refractivity contribution < 1.29 is 9.53 Å². The fourth-order valence-corrected chi connectivity index (χ4v) is 1.03. The summed E-state index contributed by atoms with van der Waals surface area (Å²) in [6.45, 7) is 0.820. The average molecular weight is 148 g/mol. The topological polar surface area (TPSA) is 29.6 Å². The Morgan fingerprint density at radius 3 is 2.45 bits per heavy atom. The predicted molar refractivity (Wildman–Crippen MR) is 40.5 cm³/mol. The summed E-state index contributed by atoms with van der Waals surface area (Å²) >= 11 is 0. The van der Waals surface area contributed by atoms with E-state index in [2.05, 4.69) is 0 Å². The molecule has 0 spiro atoms. The Bertz CT molecular complexity index is 259. The summed E-state index contributed by atoms with van der Waals surface area (Å²) in [5, 5.41) is 0. The summed E-state index contributed by atoms with van der Waals surface area (Å²) in [6.07, 6.45) is 1.13. The second-order valence-electron chi connectivity index (χ2n) is 2.61. The lowest BCUT2D eigenvalue weighted by molar-refractivity contribution is 0.112. The zero-order valence-electron chi connectivity index (χ0n) is 5.99. The van der Waals surface area contributed by atoms with Gasteiger partial charge in [0, 0.05) is 5.56 Å². The summed E-state index contributed by atoms with van der Waals surface area (Å²) < 4.78 is 5.08. The Morgan fingerprint density at radius 2 is 2.00 bits per heavy atom. The molecule has 1 fully saturated rings. The van der Waals surface area contributed by atoms with Crippen LogP contribution in [0.5, 0.6) is 0 Å². The minimum atomic E-state index is 0.288. The van der Waals surface area contributed by atoms with Crippen LogP contribution < -0.4 is 0 Å². The van der Waals surface area contributed by atoms with Gasteiger partial charge in [0.25, 0.3) is 0 Å². The lowest BCUT2D eigenvalue weighted by atomic mass is 10.1. The first-order valence-corrected chi connectivity index (χ1v) is 3.57. The Hall–Kier alpha value is -1.15. The van der Waals surface area contributed by atoms with Crippen LogP contribution in [-0.4, -0.2) is 12.9 Å². The summed E-state index contributed by atoms with van der Waals surface area (Å²) in [4.78, 5) is 10.3. The Balaban J connectivity index is 2.25. The van der Waals surface area contributed by atoms with Crippen molar-refractivity contribution in [3.8, 4) is 0 Å². The highest BCUT2D eigenvalue weighted by molar-refractivity contribution is 5.74. The molecule has 1 aromatic carbocycles. The third-order valence-corrected chi connectivity index (χ3v) is 1.78. The highest BCUT2D eigenvalue weighted by atomic mass is 16.6. The lowest BCUT2D eigenvalue weighted by Gasteiger charge is -1.93. The van der Waals surface area contributed by atoms with Crippen molar-refractivity contribution in [3.05, 3.63) is 35.4 Å². The van der Waals surface area contributed by atoms with Crippen molar-refractivity contribution in [1.82, 2.24) is 0 Å². The van der Waals surface area contributed by atoms with Crippen molar-refractivity contribution in [2.24, 2.45) is 0 Å². The molecule has 1 aliphatic rings. The van der Waals surface area contributed by atoms with E-state index in [1.54, 1.807) is 0 Å². The molecule has 1 aliphatic heterocycles. The summed E-state index contributed by atoms with van der Waals surface area (Å²) in [6, 6.07) is 7.48. The number of carbonyl (C=O) groups excluding carboxylic acids is 1. The van der Waals surface area contributed by atoms with Gasteiger partial charge in [-0.1, -0.05) is 24.3 Å². The van der Waals surface area contributed by atoms with Gasteiger partial charge >= 0.3 is 0 Å². The first-order valence-electron chi connectivity index (χ1n) is 3.57. The molecule has 0 saturated carbocycles. The van der Waals surface area contributed by atoms with Crippen LogP contribution >= 0.6 is 0 Å². The van der Waals surface area contributed by atoms with Gasteiger partial charge in [0.05, 0.1) is 6.61 Å². The number of ether oxygens (including phenoxy) is 1. The molecule has 0 aromatic heterocycles. The fourth-order valence-electron chi connectivity index (χ4n) is 1.03. The number of carbonyl (C=O) groups is 1. The van der Waals surface area contributed by atoms with Crippen LogP contribution in [0, 0.1) is 0 Å². The minimum absolute atomic E-state index is 0.288. The molecule has 0 amide bonds. The fraction of sp³-hybridized carbons (Fsp3) is 0.222. The van der Waals surface area contributed by atoms with E-state index in [1.165, 1.54) is 0 Å². The first-order chi connectivity index (χ1) is 5.40. The molecule has 2 heteroatoms. The number of hydrogen-bond acceptors (Lipinski definition) is 2. The number of hydrogen-bond donors (Lipinski definition) is 0. The van der Waals surface area contributed by atoms with Gasteiger partial charge in [0.1, 0.15) is 12.4 Å². The third kappa shape index (κ3) is 1.30. The van der Waals surface area contributed by atoms with E-state index < -0.39 is 0 Å². The molecule has 1 saturated heterocycles. The van der Waals surface area contributed by atoms with E-state index in [4.69, 9.17) is 4.74 Å². The molecule has 0 aliphatic carbocycles. The first kappa shape index (κ1) is 6.55. The van der Waals surface area contributed by atoms with E-state index in [9.17, 15) is 4.79 Å². The second-order valence-corrected chi connectivity index (χ2v) is 2.61. The highest BCUT2D eigenvalue weighted by Gasteiger charge is 2.23. The molecule has 56 valence electrons. The number of rotatable bonds is 2. The average Bonchev–Trinajstić information content (AvgIpc) is 2.87. The van der Waals surface area contributed by atoms with E-state index >= 15 is 0 Å². The third-order valence-electron chi connectivity index (χ3n) is 1.78. The van der Waals surface area contributed by atoms with Gasteiger partial charge in [-0.15, -0.1) is 0 Å². The van der Waals surface area contributed by atoms with E-state index in [0.29, 0.717) is 0 Å². The highest BCUT2D eigenvalue weighted by Crippen LogP contribution is 2.29. The maximum absolute atomic E-state index is 10.3. The Kier molecular flexibility index (Phi) is 1.47. The Morgan fingerprint density at radius 1 is 1.36 bits per heavy atom. The van der Waals surface area contributed by atoms with Crippen LogP contribution in [-0.2, 0) is 4.74 Å². The van der Waals surface area contributed by atoms with Crippen molar-refractivity contribution in [3.63, 3.8) is 0 Å². The molecule has 1 heterocycles. The maximum Gasteiger partial charge on any atom is 0.150 e. The van der Waals surface area contributed by atoms with E-state index in [0.717, 1.165) is 24.0 Å². The largest absolute Gasteiger partial charge is 0.368 e. The molecule has 2 rings (SSSR count). The molecular formula is C9H8O2. The van der Waals surface area contributed by atoms with Crippen molar-refractivity contribution in [2.45, 2.75) is 6.10 Å². The van der Waals surface area contributed by atoms with Crippen LogP contribution in [0.1, 0.15) is 22.0 Å². The molecular weight excluding hydrogens is 140 g/mol. The van der Waals surface area contributed by atoms with Crippen LogP contribution in [0.15, 0.2) is 24.3 Å². The summed E-state index contributed by atoms with van der Waals surface area (Å²) in [7, 11) is 0. The zero-order valence-corrected chi connectivity index (χ0v) is 5.99. The van der Waals surface area contributed by atoms with Gasteiger partial charge in [-0.3, -0.25) is 4.79 Å². The SMILES string of the molecule is O=Cc1ccc(C2CO2)cc1. The number of aldehydes is 1. The Labute approximate surface area is 64.8 Å². The number of benzene rings is 1. The molecule has 1 aromatic rings.